The molecule has 2 fully saturated rings. The molecule has 3 heterocycles. The predicted molar refractivity (Wildman–Crippen MR) is 241 cm³/mol. The van der Waals surface area contributed by atoms with Gasteiger partial charge in [0.1, 0.15) is 23.9 Å². The summed E-state index contributed by atoms with van der Waals surface area (Å²) in [4.78, 5) is 34.8. The average molecular weight is 895 g/mol. The topological polar surface area (TPSA) is 195 Å². The fraction of sp³-hybridized carbons (Fsp3) is 0.761. The van der Waals surface area contributed by atoms with Crippen LogP contribution in [0.1, 0.15) is 93.9 Å². The summed E-state index contributed by atoms with van der Waals surface area (Å²) in [5, 5.41) is 55.1. The number of aromatic nitrogens is 1. The van der Waals surface area contributed by atoms with E-state index in [9.17, 15) is 30.0 Å². The van der Waals surface area contributed by atoms with Crippen LogP contribution in [-0.2, 0) is 28.5 Å². The van der Waals surface area contributed by atoms with Gasteiger partial charge >= 0.3 is 5.97 Å². The third kappa shape index (κ3) is 13.4. The molecule has 2 aliphatic rings. The number of fused-ring (bicyclic) bond motifs is 1. The van der Waals surface area contributed by atoms with Gasteiger partial charge < -0.3 is 59.8 Å². The lowest BCUT2D eigenvalue weighted by Gasteiger charge is -2.48. The van der Waals surface area contributed by atoms with Crippen LogP contribution in [0.2, 0.25) is 5.02 Å². The summed E-state index contributed by atoms with van der Waals surface area (Å²) in [6.07, 6.45) is -2.06. The third-order valence-corrected chi connectivity index (χ3v) is 13.2. The minimum absolute atomic E-state index is 0.0561. The number of carbonyl (C=O) groups excluding carboxylic acids is 2. The number of benzene rings is 1. The van der Waals surface area contributed by atoms with E-state index >= 15 is 0 Å². The SMILES string of the molecule is CC[C@H]1OC(=O)[C@H](C)[C@@H](O)[C@H](C)[C@@H](O[C@@H]2O[C@H](C)C[C@H](N(C)C)[C@H]2OCCCNC(=O)CCCNc2ccnc3cc(Cl)ccc23)[C@](C)(O)C[C@@H](C)CN(C)[C@H](C)[C@@H](O)[C@]1(C)O. The molecule has 16 heteroatoms. The number of likely N-dealkylation sites (N-methyl/N-ethyl adjacent to an activating group) is 2. The van der Waals surface area contributed by atoms with Crippen LogP contribution < -0.4 is 10.6 Å². The number of rotatable bonds is 14. The molecule has 1 aromatic carbocycles. The fourth-order valence-electron chi connectivity index (χ4n) is 9.26. The first-order chi connectivity index (χ1) is 29.1. The third-order valence-electron chi connectivity index (χ3n) is 13.0. The Balaban J connectivity index is 1.44. The Morgan fingerprint density at radius 2 is 1.79 bits per heavy atom. The van der Waals surface area contributed by atoms with Gasteiger partial charge in [-0.2, -0.15) is 0 Å². The molecule has 0 unspecified atom stereocenters. The lowest BCUT2D eigenvalue weighted by Crippen LogP contribution is -2.60. The van der Waals surface area contributed by atoms with Gasteiger partial charge in [0.2, 0.25) is 5.91 Å². The molecule has 6 N–H and O–H groups in total. The van der Waals surface area contributed by atoms with Gasteiger partial charge in [0.25, 0.3) is 0 Å². The zero-order valence-electron chi connectivity index (χ0n) is 38.8. The molecule has 4 rings (SSSR count). The van der Waals surface area contributed by atoms with Crippen molar-refractivity contribution in [3.8, 4) is 0 Å². The van der Waals surface area contributed by atoms with Crippen molar-refractivity contribution in [1.82, 2.24) is 20.1 Å². The number of halogens is 1. The number of hydrogen-bond donors (Lipinski definition) is 6. The fourth-order valence-corrected chi connectivity index (χ4v) is 9.43. The van der Waals surface area contributed by atoms with E-state index in [0.29, 0.717) is 56.9 Å². The van der Waals surface area contributed by atoms with E-state index < -0.39 is 71.9 Å². The smallest absolute Gasteiger partial charge is 0.311 e. The van der Waals surface area contributed by atoms with Crippen LogP contribution in [0.4, 0.5) is 5.69 Å². The molecule has 62 heavy (non-hydrogen) atoms. The minimum Gasteiger partial charge on any atom is -0.459 e. The molecule has 0 saturated carbocycles. The van der Waals surface area contributed by atoms with Crippen LogP contribution in [0.15, 0.2) is 30.5 Å². The van der Waals surface area contributed by atoms with Gasteiger partial charge in [0, 0.05) is 73.0 Å². The van der Waals surface area contributed by atoms with E-state index in [1.54, 1.807) is 40.8 Å². The Hall–Kier alpha value is -2.70. The number of hydrogen-bond acceptors (Lipinski definition) is 14. The van der Waals surface area contributed by atoms with Crippen molar-refractivity contribution >= 4 is 40.1 Å². The highest BCUT2D eigenvalue weighted by Crippen LogP contribution is 2.37. The van der Waals surface area contributed by atoms with E-state index in [2.05, 4.69) is 20.5 Å². The van der Waals surface area contributed by atoms with Crippen LogP contribution >= 0.6 is 11.6 Å². The summed E-state index contributed by atoms with van der Waals surface area (Å²) in [5.41, 5.74) is -1.58. The molecular weight excluding hydrogens is 818 g/mol. The van der Waals surface area contributed by atoms with Crippen LogP contribution in [0.25, 0.3) is 10.9 Å². The number of nitrogens with one attached hydrogen (secondary N) is 2. The van der Waals surface area contributed by atoms with Gasteiger partial charge in [-0.05, 0) is 118 Å². The number of pyridine rings is 1. The predicted octanol–water partition coefficient (Wildman–Crippen LogP) is 4.60. The zero-order valence-corrected chi connectivity index (χ0v) is 39.6. The number of esters is 1. The van der Waals surface area contributed by atoms with Gasteiger partial charge in [0.05, 0.1) is 35.3 Å². The van der Waals surface area contributed by atoms with Crippen LogP contribution in [0.5, 0.6) is 0 Å². The zero-order chi connectivity index (χ0) is 46.1. The molecule has 15 nitrogen and oxygen atoms in total. The van der Waals surface area contributed by atoms with Crippen molar-refractivity contribution < 1.29 is 49.0 Å². The average Bonchev–Trinajstić information content (AvgIpc) is 3.21. The second kappa shape index (κ2) is 23.0. The number of amides is 1. The number of cyclic esters (lactones) is 1. The normalized spacial score (nSPS) is 35.9. The molecule has 14 atom stereocenters. The maximum atomic E-state index is 13.6. The highest BCUT2D eigenvalue weighted by Gasteiger charge is 2.50. The molecule has 1 aromatic heterocycles. The van der Waals surface area contributed by atoms with Gasteiger partial charge in [-0.25, -0.2) is 0 Å². The number of aliphatic hydroxyl groups is 4. The summed E-state index contributed by atoms with van der Waals surface area (Å²) in [5.74, 6) is -2.80. The lowest BCUT2D eigenvalue weighted by atomic mass is 9.78. The van der Waals surface area contributed by atoms with Crippen LogP contribution in [0, 0.1) is 17.8 Å². The van der Waals surface area contributed by atoms with Crippen LogP contribution in [0.3, 0.4) is 0 Å². The van der Waals surface area contributed by atoms with Gasteiger partial charge in [-0.1, -0.05) is 32.4 Å². The van der Waals surface area contributed by atoms with E-state index in [1.807, 2.05) is 64.2 Å². The quantitative estimate of drug-likeness (QED) is 0.114. The number of nitrogens with zero attached hydrogens (tertiary/aromatic N) is 3. The highest BCUT2D eigenvalue weighted by molar-refractivity contribution is 6.31. The number of ether oxygens (including phenoxy) is 4. The molecule has 2 aromatic rings. The van der Waals surface area contributed by atoms with Gasteiger partial charge in [-0.15, -0.1) is 0 Å². The molecule has 2 aliphatic heterocycles. The Morgan fingerprint density at radius 3 is 2.47 bits per heavy atom. The number of carbonyl (C=O) groups is 2. The maximum absolute atomic E-state index is 13.6. The summed E-state index contributed by atoms with van der Waals surface area (Å²) >= 11 is 6.12. The Labute approximate surface area is 374 Å². The monoisotopic (exact) mass is 894 g/mol. The van der Waals surface area contributed by atoms with Crippen molar-refractivity contribution in [2.24, 2.45) is 17.8 Å². The molecular formula is C46H76ClN5O10. The molecule has 0 aliphatic carbocycles. The first-order valence-electron chi connectivity index (χ1n) is 22.4. The van der Waals surface area contributed by atoms with E-state index in [-0.39, 0.29) is 36.8 Å². The maximum Gasteiger partial charge on any atom is 0.311 e. The number of anilines is 1. The minimum atomic E-state index is -1.78. The molecule has 2 saturated heterocycles. The Bertz CT molecular complexity index is 1740. The first kappa shape index (κ1) is 51.9. The van der Waals surface area contributed by atoms with Crippen molar-refractivity contribution in [3.05, 3.63) is 35.5 Å². The Morgan fingerprint density at radius 1 is 1.08 bits per heavy atom. The van der Waals surface area contributed by atoms with Crippen molar-refractivity contribution in [3.63, 3.8) is 0 Å². The van der Waals surface area contributed by atoms with Crippen molar-refractivity contribution in [1.29, 1.82) is 0 Å². The molecule has 0 bridgehead atoms. The second-order valence-corrected chi connectivity index (χ2v) is 19.2. The summed E-state index contributed by atoms with van der Waals surface area (Å²) in [7, 11) is 5.78. The Kier molecular flexibility index (Phi) is 19.2. The lowest BCUT2D eigenvalue weighted by molar-refractivity contribution is -0.306. The summed E-state index contributed by atoms with van der Waals surface area (Å²) in [6, 6.07) is 6.83. The number of aliphatic hydroxyl groups excluding tert-OH is 2. The van der Waals surface area contributed by atoms with E-state index in [4.69, 9.17) is 30.5 Å². The van der Waals surface area contributed by atoms with Gasteiger partial charge in [0.15, 0.2) is 6.29 Å². The molecule has 0 spiro atoms. The summed E-state index contributed by atoms with van der Waals surface area (Å²) in [6.45, 7) is 15.7. The van der Waals surface area contributed by atoms with Crippen molar-refractivity contribution in [2.75, 3.05) is 52.7 Å². The van der Waals surface area contributed by atoms with E-state index in [0.717, 1.165) is 16.6 Å². The molecule has 352 valence electrons. The first-order valence-corrected chi connectivity index (χ1v) is 22.8. The highest BCUT2D eigenvalue weighted by atomic mass is 35.5. The van der Waals surface area contributed by atoms with E-state index in [1.165, 1.54) is 6.92 Å². The second-order valence-electron chi connectivity index (χ2n) is 18.7. The molecule has 1 amide bonds. The van der Waals surface area contributed by atoms with Crippen molar-refractivity contribution in [2.45, 2.75) is 160 Å². The van der Waals surface area contributed by atoms with Gasteiger partial charge in [-0.3, -0.25) is 14.6 Å². The molecule has 0 radical (unpaired) electrons. The standard InChI is InChI=1S/C46H76ClN5O10/c1-12-37-46(8,58)41(55)31(6)52(11)26-27(2)25-45(7,57)42(29(4)39(54)30(5)43(56)61-37)62-44-40(36(51(9)10)23-28(3)60-44)59-22-14-20-50-38(53)15-13-19-48-34-18-21-49-35-24-32(47)16-17-33(34)35/h16-18,21,24,27-31,36-37,39-42,44,54-55,57-58H,12-15,19-20,22-23,25-26H2,1-11H3,(H,48,49)(H,50,53)/t27-,28-,29+,30-,31-,36+,37-,39+,40-,41-,42-,44+,45-,46-/m1/s1. The van der Waals surface area contributed by atoms with Crippen LogP contribution in [-0.4, -0.2) is 161 Å². The summed E-state index contributed by atoms with van der Waals surface area (Å²) < 4.78 is 25.7. The largest absolute Gasteiger partial charge is 0.459 e.